The summed E-state index contributed by atoms with van der Waals surface area (Å²) in [7, 11) is -2.42. The first-order valence-corrected chi connectivity index (χ1v) is 19.3. The highest BCUT2D eigenvalue weighted by Crippen LogP contribution is 2.45. The number of nitrogens with one attached hydrogen (secondary N) is 3. The van der Waals surface area contributed by atoms with Crippen molar-refractivity contribution in [2.45, 2.75) is 115 Å². The summed E-state index contributed by atoms with van der Waals surface area (Å²) in [6.45, 7) is 10.8. The molecular weight excluding hydrogens is 660 g/mol. The summed E-state index contributed by atoms with van der Waals surface area (Å²) in [4.78, 5) is 55.2. The van der Waals surface area contributed by atoms with Crippen LogP contribution in [0.25, 0.3) is 6.08 Å². The van der Waals surface area contributed by atoms with Gasteiger partial charge < -0.3 is 20.1 Å². The molecule has 3 aliphatic rings. The molecule has 0 unspecified atom stereocenters. The van der Waals surface area contributed by atoms with E-state index in [-0.39, 0.29) is 19.6 Å². The molecule has 0 radical (unpaired) electrons. The van der Waals surface area contributed by atoms with Crippen LogP contribution in [0.2, 0.25) is 0 Å². The number of ether oxygens (including phenoxy) is 2. The van der Waals surface area contributed by atoms with Crippen molar-refractivity contribution in [3.8, 4) is 0 Å². The van der Waals surface area contributed by atoms with E-state index < -0.39 is 68.2 Å². The van der Waals surface area contributed by atoms with Gasteiger partial charge in [0.2, 0.25) is 10.0 Å². The maximum Gasteiger partial charge on any atom is 0.407 e. The number of nitrogens with zero attached hydrogens (tertiary/aromatic N) is 1. The molecule has 0 saturated heterocycles. The Morgan fingerprint density at radius 1 is 1.14 bits per heavy atom. The molecule has 3 aliphatic carbocycles. The van der Waals surface area contributed by atoms with Crippen LogP contribution in [0.4, 0.5) is 9.59 Å². The molecule has 0 aromatic heterocycles. The van der Waals surface area contributed by atoms with Crippen LogP contribution in [0, 0.1) is 11.3 Å². The number of hydrogen-bond donors (Lipinski definition) is 3. The van der Waals surface area contributed by atoms with Crippen molar-refractivity contribution in [1.29, 1.82) is 0 Å². The normalized spacial score (nSPS) is 20.9. The van der Waals surface area contributed by atoms with Crippen LogP contribution in [0.5, 0.6) is 0 Å². The number of methoxy groups -OCH3 is 1. The molecule has 0 heterocycles. The van der Waals surface area contributed by atoms with E-state index in [1.165, 1.54) is 29.9 Å². The Hall–Kier alpha value is -3.71. The number of sulfonamides is 1. The predicted molar refractivity (Wildman–Crippen MR) is 192 cm³/mol. The lowest BCUT2D eigenvalue weighted by atomic mass is 9.85. The number of imide groups is 1. The molecule has 12 nitrogen and oxygen atoms in total. The number of aryl methyl sites for hydroxylation is 1. The van der Waals surface area contributed by atoms with E-state index in [0.717, 1.165) is 37.0 Å². The third kappa shape index (κ3) is 9.74. The number of hydrogen-bond acceptors (Lipinski definition) is 8. The SMILES string of the molecule is C=C[C@@H]1C[C@]1(NC(=O)N(C[C@H](CC)OC)C(=O)[C@@H](NC(=O)OCCCCCc1cccc2c1CCC=C2)C(C)(C)C)C(=O)NS(=O)(=O)C1CC1. The molecule has 1 aromatic rings. The summed E-state index contributed by atoms with van der Waals surface area (Å²) in [6.07, 6.45) is 11.6. The second-order valence-corrected chi connectivity index (χ2v) is 16.6. The molecule has 2 fully saturated rings. The quantitative estimate of drug-likeness (QED) is 0.150. The Morgan fingerprint density at radius 2 is 1.88 bits per heavy atom. The molecule has 0 bridgehead atoms. The Balaban J connectivity index is 1.38. The zero-order chi connectivity index (χ0) is 36.7. The lowest BCUT2D eigenvalue weighted by molar-refractivity contribution is -0.134. The monoisotopic (exact) mass is 714 g/mol. The predicted octanol–water partition coefficient (Wildman–Crippen LogP) is 5.02. The molecule has 1 aromatic carbocycles. The van der Waals surface area contributed by atoms with Crippen LogP contribution >= 0.6 is 0 Å². The second kappa shape index (κ2) is 16.5. The first-order valence-electron chi connectivity index (χ1n) is 17.7. The van der Waals surface area contributed by atoms with Crippen molar-refractivity contribution in [2.75, 3.05) is 20.3 Å². The number of allylic oxidation sites excluding steroid dienone is 1. The summed E-state index contributed by atoms with van der Waals surface area (Å²) >= 11 is 0. The van der Waals surface area contributed by atoms with Crippen molar-refractivity contribution in [3.05, 3.63) is 53.6 Å². The van der Waals surface area contributed by atoms with Crippen molar-refractivity contribution in [3.63, 3.8) is 0 Å². The lowest BCUT2D eigenvalue weighted by Gasteiger charge is -2.35. The molecule has 276 valence electrons. The van der Waals surface area contributed by atoms with Crippen LogP contribution in [-0.4, -0.2) is 80.5 Å². The molecular formula is C37H54N4O8S. The number of unbranched alkanes of at least 4 members (excludes halogenated alkanes) is 2. The first kappa shape index (κ1) is 39.1. The van der Waals surface area contributed by atoms with Crippen molar-refractivity contribution >= 4 is 40.0 Å². The summed E-state index contributed by atoms with van der Waals surface area (Å²) in [5.74, 6) is -2.13. The zero-order valence-electron chi connectivity index (χ0n) is 30.1. The average molecular weight is 715 g/mol. The van der Waals surface area contributed by atoms with Crippen LogP contribution in [-0.2, 0) is 41.9 Å². The van der Waals surface area contributed by atoms with Gasteiger partial charge in [-0.3, -0.25) is 19.2 Å². The first-order chi connectivity index (χ1) is 23.7. The van der Waals surface area contributed by atoms with Crippen molar-refractivity contribution < 1.29 is 37.1 Å². The largest absolute Gasteiger partial charge is 0.450 e. The van der Waals surface area contributed by atoms with Crippen LogP contribution in [0.3, 0.4) is 0 Å². The minimum Gasteiger partial charge on any atom is -0.450 e. The van der Waals surface area contributed by atoms with Crippen molar-refractivity contribution in [1.82, 2.24) is 20.3 Å². The van der Waals surface area contributed by atoms with E-state index in [0.29, 0.717) is 25.7 Å². The molecule has 50 heavy (non-hydrogen) atoms. The van der Waals surface area contributed by atoms with Gasteiger partial charge in [-0.15, -0.1) is 6.58 Å². The number of amides is 5. The van der Waals surface area contributed by atoms with E-state index in [9.17, 15) is 27.6 Å². The highest BCUT2D eigenvalue weighted by Gasteiger charge is 2.61. The number of urea groups is 1. The standard InChI is InChI=1S/C37H54N4O8S/c1-7-27-23-37(27,33(43)40-50(46,47)29-20-21-29)39-34(44)41(24-28(8-2)48-6)32(42)31(36(3,4)5)38-35(45)49-22-13-9-10-15-25-17-14-18-26-16-11-12-19-30(25)26/h7,11,14,16-18,27-29,31H,1,8-10,12-13,15,19-24H2,2-6H3,(H,38,45)(H,39,44)(H,40,43)/t27-,28+,31-,37-/m1/s1. The maximum absolute atomic E-state index is 14.2. The van der Waals surface area contributed by atoms with Crippen LogP contribution in [0.15, 0.2) is 36.9 Å². The number of carbonyl (C=O) groups is 4. The summed E-state index contributed by atoms with van der Waals surface area (Å²) in [5.41, 5.74) is 1.64. The van der Waals surface area contributed by atoms with Gasteiger partial charge in [-0.1, -0.05) is 64.1 Å². The van der Waals surface area contributed by atoms with E-state index in [4.69, 9.17) is 9.47 Å². The van der Waals surface area contributed by atoms with E-state index in [1.54, 1.807) is 20.8 Å². The molecule has 13 heteroatoms. The van der Waals surface area contributed by atoms with Gasteiger partial charge >= 0.3 is 12.1 Å². The fourth-order valence-corrected chi connectivity index (χ4v) is 7.70. The maximum atomic E-state index is 14.2. The van der Waals surface area contributed by atoms with E-state index in [1.807, 2.05) is 6.92 Å². The molecule has 0 spiro atoms. The summed E-state index contributed by atoms with van der Waals surface area (Å²) in [5, 5.41) is 4.67. The van der Waals surface area contributed by atoms with Gasteiger partial charge in [0.1, 0.15) is 11.6 Å². The Labute approximate surface area is 296 Å². The Kier molecular flexibility index (Phi) is 12.9. The molecule has 3 N–H and O–H groups in total. The van der Waals surface area contributed by atoms with Gasteiger partial charge in [0.05, 0.1) is 24.5 Å². The van der Waals surface area contributed by atoms with Gasteiger partial charge in [-0.2, -0.15) is 0 Å². The summed E-state index contributed by atoms with van der Waals surface area (Å²) in [6, 6.07) is 4.33. The molecule has 2 saturated carbocycles. The van der Waals surface area contributed by atoms with Crippen LogP contribution in [0.1, 0.15) is 95.8 Å². The number of fused-ring (bicyclic) bond motifs is 1. The highest BCUT2D eigenvalue weighted by molar-refractivity contribution is 7.91. The molecule has 4 rings (SSSR count). The fourth-order valence-electron chi connectivity index (χ4n) is 6.33. The van der Waals surface area contributed by atoms with E-state index >= 15 is 0 Å². The van der Waals surface area contributed by atoms with Gasteiger partial charge in [0, 0.05) is 13.0 Å². The third-order valence-corrected chi connectivity index (χ3v) is 11.6. The second-order valence-electron chi connectivity index (χ2n) is 14.7. The van der Waals surface area contributed by atoms with E-state index in [2.05, 4.69) is 52.3 Å². The average Bonchev–Trinajstić information content (AvgIpc) is 4.01. The number of alkyl carbamates (subject to hydrolysis) is 1. The molecule has 5 amide bonds. The fraction of sp³-hybridized carbons (Fsp3) is 0.622. The Morgan fingerprint density at radius 3 is 2.50 bits per heavy atom. The van der Waals surface area contributed by atoms with Crippen molar-refractivity contribution in [2.24, 2.45) is 11.3 Å². The number of carbonyl (C=O) groups excluding carboxylic acids is 4. The minimum atomic E-state index is -3.89. The minimum absolute atomic E-state index is 0.121. The van der Waals surface area contributed by atoms with Gasteiger partial charge in [0.25, 0.3) is 11.8 Å². The topological polar surface area (TPSA) is 160 Å². The molecule has 4 atom stereocenters. The third-order valence-electron chi connectivity index (χ3n) is 9.79. The van der Waals surface area contributed by atoms with Gasteiger partial charge in [0.15, 0.2) is 0 Å². The van der Waals surface area contributed by atoms with Crippen LogP contribution < -0.4 is 15.4 Å². The lowest BCUT2D eigenvalue weighted by Crippen LogP contribution is -2.62. The zero-order valence-corrected chi connectivity index (χ0v) is 30.9. The summed E-state index contributed by atoms with van der Waals surface area (Å²) < 4.78 is 38.2. The molecule has 0 aliphatic heterocycles. The Bertz CT molecular complexity index is 1560. The number of benzene rings is 1. The number of rotatable bonds is 17. The van der Waals surface area contributed by atoms with Gasteiger partial charge in [-0.05, 0) is 86.3 Å². The van der Waals surface area contributed by atoms with Gasteiger partial charge in [-0.25, -0.2) is 18.0 Å². The highest BCUT2D eigenvalue weighted by atomic mass is 32.2. The smallest absolute Gasteiger partial charge is 0.407 e.